The van der Waals surface area contributed by atoms with Gasteiger partial charge in [-0.15, -0.1) is 0 Å². The SMILES string of the molecule is CCCCC/C=C\C/C=C\CCCCCCCC(=O)NC(CO)COP(=O)(O)OCCN. The Labute approximate surface area is 194 Å². The van der Waals surface area contributed by atoms with Gasteiger partial charge in [0.05, 0.1) is 25.9 Å². The van der Waals surface area contributed by atoms with E-state index in [1.54, 1.807) is 0 Å². The van der Waals surface area contributed by atoms with Crippen LogP contribution in [0.2, 0.25) is 0 Å². The van der Waals surface area contributed by atoms with Crippen molar-refractivity contribution >= 4 is 13.7 Å². The summed E-state index contributed by atoms with van der Waals surface area (Å²) in [4.78, 5) is 21.4. The highest BCUT2D eigenvalue weighted by Crippen LogP contribution is 2.42. The number of allylic oxidation sites excluding steroid dienone is 4. The number of hydrogen-bond donors (Lipinski definition) is 4. The normalized spacial score (nSPS) is 14.8. The number of unbranched alkanes of at least 4 members (excludes halogenated alkanes) is 8. The first kappa shape index (κ1) is 31.0. The lowest BCUT2D eigenvalue weighted by atomic mass is 10.1. The zero-order chi connectivity index (χ0) is 23.9. The average molecular weight is 477 g/mol. The standard InChI is InChI=1S/C23H45N2O6P/c1-2-3-4-5-6-7-8-9-10-11-12-13-14-15-16-17-23(27)25-22(20-26)21-31-32(28,29)30-19-18-24/h6-7,9-10,22,26H,2-5,8,11-21,24H2,1H3,(H,25,27)(H,28,29)/b7-6-,10-9-. The molecule has 32 heavy (non-hydrogen) atoms. The van der Waals surface area contributed by atoms with Crippen molar-refractivity contribution in [2.45, 2.75) is 90.0 Å². The van der Waals surface area contributed by atoms with Crippen LogP contribution in [0.4, 0.5) is 0 Å². The van der Waals surface area contributed by atoms with E-state index in [0.29, 0.717) is 6.42 Å². The molecule has 9 heteroatoms. The van der Waals surface area contributed by atoms with Crippen molar-refractivity contribution in [1.82, 2.24) is 5.32 Å². The van der Waals surface area contributed by atoms with Gasteiger partial charge in [0.1, 0.15) is 0 Å². The minimum absolute atomic E-state index is 0.0849. The topological polar surface area (TPSA) is 131 Å². The molecular weight excluding hydrogens is 431 g/mol. The number of carbonyl (C=O) groups is 1. The molecule has 0 aliphatic heterocycles. The Morgan fingerprint density at radius 1 is 1.00 bits per heavy atom. The lowest BCUT2D eigenvalue weighted by Crippen LogP contribution is -2.40. The molecule has 188 valence electrons. The second-order valence-electron chi connectivity index (χ2n) is 7.81. The fourth-order valence-corrected chi connectivity index (χ4v) is 3.71. The van der Waals surface area contributed by atoms with E-state index in [0.717, 1.165) is 44.9 Å². The molecule has 2 unspecified atom stereocenters. The molecule has 2 atom stereocenters. The number of nitrogens with two attached hydrogens (primary N) is 1. The molecule has 0 bridgehead atoms. The summed E-state index contributed by atoms with van der Waals surface area (Å²) in [6, 6.07) is -0.762. The fourth-order valence-electron chi connectivity index (χ4n) is 2.93. The fraction of sp³-hybridized carbons (Fsp3) is 0.783. The Morgan fingerprint density at radius 2 is 1.62 bits per heavy atom. The largest absolute Gasteiger partial charge is 0.472 e. The smallest absolute Gasteiger partial charge is 0.394 e. The van der Waals surface area contributed by atoms with Crippen LogP contribution in [0.3, 0.4) is 0 Å². The number of aliphatic hydroxyl groups excluding tert-OH is 1. The van der Waals surface area contributed by atoms with Crippen LogP contribution < -0.4 is 11.1 Å². The molecule has 0 aromatic carbocycles. The Hall–Kier alpha value is -1.02. The summed E-state index contributed by atoms with van der Waals surface area (Å²) in [5, 5.41) is 11.9. The van der Waals surface area contributed by atoms with Crippen molar-refractivity contribution < 1.29 is 28.4 Å². The molecule has 0 spiro atoms. The summed E-state index contributed by atoms with van der Waals surface area (Å²) in [7, 11) is -4.22. The van der Waals surface area contributed by atoms with Gasteiger partial charge in [0, 0.05) is 13.0 Å². The first-order valence-electron chi connectivity index (χ1n) is 12.0. The van der Waals surface area contributed by atoms with Crippen LogP contribution in [0, 0.1) is 0 Å². The maximum absolute atomic E-state index is 12.0. The van der Waals surface area contributed by atoms with Crippen molar-refractivity contribution in [1.29, 1.82) is 0 Å². The highest BCUT2D eigenvalue weighted by Gasteiger charge is 2.23. The zero-order valence-corrected chi connectivity index (χ0v) is 20.6. The van der Waals surface area contributed by atoms with E-state index < -0.39 is 20.5 Å². The monoisotopic (exact) mass is 476 g/mol. The van der Waals surface area contributed by atoms with E-state index in [9.17, 15) is 19.4 Å². The van der Waals surface area contributed by atoms with E-state index in [1.807, 2.05) is 0 Å². The van der Waals surface area contributed by atoms with Crippen LogP contribution in [0.1, 0.15) is 84.0 Å². The van der Waals surface area contributed by atoms with Crippen LogP contribution in [0.5, 0.6) is 0 Å². The molecule has 0 aromatic heterocycles. The molecule has 0 saturated carbocycles. The van der Waals surface area contributed by atoms with E-state index in [2.05, 4.69) is 41.1 Å². The summed E-state index contributed by atoms with van der Waals surface area (Å²) in [5.41, 5.74) is 5.20. The summed E-state index contributed by atoms with van der Waals surface area (Å²) >= 11 is 0. The molecule has 0 aliphatic rings. The van der Waals surface area contributed by atoms with E-state index in [1.165, 1.54) is 25.7 Å². The van der Waals surface area contributed by atoms with Crippen LogP contribution in [0.25, 0.3) is 0 Å². The third kappa shape index (κ3) is 20.9. The van der Waals surface area contributed by atoms with Crippen LogP contribution in [0.15, 0.2) is 24.3 Å². The van der Waals surface area contributed by atoms with Gasteiger partial charge in [-0.05, 0) is 38.5 Å². The first-order valence-corrected chi connectivity index (χ1v) is 13.5. The predicted octanol–water partition coefficient (Wildman–Crippen LogP) is 4.37. The number of phosphoric ester groups is 1. The molecule has 0 fully saturated rings. The average Bonchev–Trinajstić information content (AvgIpc) is 2.77. The Bertz CT molecular complexity index is 557. The highest BCUT2D eigenvalue weighted by atomic mass is 31.2. The Morgan fingerprint density at radius 3 is 2.25 bits per heavy atom. The first-order chi connectivity index (χ1) is 15.4. The zero-order valence-electron chi connectivity index (χ0n) is 19.8. The van der Waals surface area contributed by atoms with E-state index in [4.69, 9.17) is 10.3 Å². The maximum atomic E-state index is 12.0. The van der Waals surface area contributed by atoms with Gasteiger partial charge in [-0.1, -0.05) is 63.3 Å². The molecule has 0 aliphatic carbocycles. The lowest BCUT2D eigenvalue weighted by Gasteiger charge is -2.18. The quantitative estimate of drug-likeness (QED) is 0.104. The van der Waals surface area contributed by atoms with Gasteiger partial charge < -0.3 is 21.1 Å². The number of rotatable bonds is 22. The maximum Gasteiger partial charge on any atom is 0.472 e. The van der Waals surface area contributed by atoms with Gasteiger partial charge in [0.2, 0.25) is 5.91 Å². The Kier molecular flexibility index (Phi) is 21.1. The third-order valence-corrected chi connectivity index (χ3v) is 5.74. The second kappa shape index (κ2) is 21.8. The molecule has 0 saturated heterocycles. The minimum atomic E-state index is -4.22. The number of hydrogen-bond acceptors (Lipinski definition) is 6. The molecule has 1 amide bonds. The van der Waals surface area contributed by atoms with Crippen molar-refractivity contribution in [2.75, 3.05) is 26.4 Å². The summed E-state index contributed by atoms with van der Waals surface area (Å²) in [6.45, 7) is 1.48. The lowest BCUT2D eigenvalue weighted by molar-refractivity contribution is -0.122. The van der Waals surface area contributed by atoms with Crippen molar-refractivity contribution in [2.24, 2.45) is 5.73 Å². The number of nitrogens with one attached hydrogen (secondary N) is 1. The Balaban J connectivity index is 3.69. The molecule has 5 N–H and O–H groups in total. The van der Waals surface area contributed by atoms with Crippen molar-refractivity contribution in [3.63, 3.8) is 0 Å². The van der Waals surface area contributed by atoms with E-state index in [-0.39, 0.29) is 25.7 Å². The van der Waals surface area contributed by atoms with Gasteiger partial charge in [0.15, 0.2) is 0 Å². The molecule has 0 radical (unpaired) electrons. The van der Waals surface area contributed by atoms with Crippen LogP contribution >= 0.6 is 7.82 Å². The van der Waals surface area contributed by atoms with Crippen molar-refractivity contribution in [3.05, 3.63) is 24.3 Å². The number of carbonyl (C=O) groups excluding carboxylic acids is 1. The second-order valence-corrected chi connectivity index (χ2v) is 9.27. The highest BCUT2D eigenvalue weighted by molar-refractivity contribution is 7.47. The molecule has 0 heterocycles. The van der Waals surface area contributed by atoms with Gasteiger partial charge in [-0.2, -0.15) is 0 Å². The third-order valence-electron chi connectivity index (χ3n) is 4.75. The van der Waals surface area contributed by atoms with Gasteiger partial charge in [-0.3, -0.25) is 13.8 Å². The van der Waals surface area contributed by atoms with Crippen LogP contribution in [-0.2, 0) is 18.4 Å². The molecule has 0 rings (SSSR count). The van der Waals surface area contributed by atoms with Crippen LogP contribution in [-0.4, -0.2) is 48.3 Å². The molecular formula is C23H45N2O6P. The summed E-state index contributed by atoms with van der Waals surface area (Å²) in [5.74, 6) is -0.214. The van der Waals surface area contributed by atoms with Crippen molar-refractivity contribution in [3.8, 4) is 0 Å². The summed E-state index contributed by atoms with van der Waals surface area (Å²) in [6.07, 6.45) is 21.6. The number of amides is 1. The number of aliphatic hydroxyl groups is 1. The summed E-state index contributed by atoms with van der Waals surface area (Å²) < 4.78 is 20.9. The van der Waals surface area contributed by atoms with E-state index >= 15 is 0 Å². The van der Waals surface area contributed by atoms with Gasteiger partial charge >= 0.3 is 7.82 Å². The van der Waals surface area contributed by atoms with Gasteiger partial charge in [0.25, 0.3) is 0 Å². The predicted molar refractivity (Wildman–Crippen MR) is 129 cm³/mol. The van der Waals surface area contributed by atoms with Gasteiger partial charge in [-0.25, -0.2) is 4.57 Å². The molecule has 8 nitrogen and oxygen atoms in total. The number of phosphoric acid groups is 1. The molecule has 0 aromatic rings. The minimum Gasteiger partial charge on any atom is -0.394 e.